The Labute approximate surface area is 111 Å². The van der Waals surface area contributed by atoms with Gasteiger partial charge in [-0.1, -0.05) is 0 Å². The summed E-state index contributed by atoms with van der Waals surface area (Å²) in [5.74, 6) is -1.79. The summed E-state index contributed by atoms with van der Waals surface area (Å²) in [5.41, 5.74) is 0. The van der Waals surface area contributed by atoms with Gasteiger partial charge in [0.05, 0.1) is 0 Å². The molecule has 0 saturated carbocycles. The van der Waals surface area contributed by atoms with Crippen molar-refractivity contribution in [3.8, 4) is 5.75 Å². The minimum atomic E-state index is -0.735. The molecule has 4 nitrogen and oxygen atoms in total. The van der Waals surface area contributed by atoms with Crippen molar-refractivity contribution in [1.82, 2.24) is 10.2 Å². The first kappa shape index (κ1) is 15.4. The van der Waals surface area contributed by atoms with Crippen molar-refractivity contribution >= 4 is 5.91 Å². The first-order chi connectivity index (χ1) is 8.97. The molecule has 0 aliphatic rings. The van der Waals surface area contributed by atoms with Gasteiger partial charge in [0.15, 0.2) is 6.61 Å². The van der Waals surface area contributed by atoms with Crippen molar-refractivity contribution in [1.29, 1.82) is 0 Å². The van der Waals surface area contributed by atoms with Gasteiger partial charge in [0, 0.05) is 24.7 Å². The Bertz CT molecular complexity index is 405. The van der Waals surface area contributed by atoms with Crippen LogP contribution in [0.5, 0.6) is 5.75 Å². The number of ether oxygens (including phenoxy) is 1. The maximum absolute atomic E-state index is 12.9. The van der Waals surface area contributed by atoms with E-state index in [-0.39, 0.29) is 18.3 Å². The van der Waals surface area contributed by atoms with Crippen LogP contribution in [0, 0.1) is 11.6 Å². The zero-order chi connectivity index (χ0) is 14.3. The van der Waals surface area contributed by atoms with Gasteiger partial charge in [-0.2, -0.15) is 0 Å². The fraction of sp³-hybridized carbons (Fsp3) is 0.462. The number of carbonyl (C=O) groups is 1. The number of nitrogens with zero attached hydrogens (tertiary/aromatic N) is 1. The van der Waals surface area contributed by atoms with E-state index in [0.717, 1.165) is 31.2 Å². The van der Waals surface area contributed by atoms with E-state index < -0.39 is 11.6 Å². The fourth-order valence-electron chi connectivity index (χ4n) is 1.43. The van der Waals surface area contributed by atoms with E-state index >= 15 is 0 Å². The fourth-order valence-corrected chi connectivity index (χ4v) is 1.43. The second-order valence-corrected chi connectivity index (χ2v) is 4.40. The number of hydrogen-bond donors (Lipinski definition) is 1. The maximum Gasteiger partial charge on any atom is 0.257 e. The van der Waals surface area contributed by atoms with Gasteiger partial charge in [-0.25, -0.2) is 8.78 Å². The smallest absolute Gasteiger partial charge is 0.257 e. The van der Waals surface area contributed by atoms with Crippen LogP contribution in [0.15, 0.2) is 18.2 Å². The lowest BCUT2D eigenvalue weighted by atomic mass is 10.3. The van der Waals surface area contributed by atoms with E-state index in [1.807, 2.05) is 19.0 Å². The zero-order valence-corrected chi connectivity index (χ0v) is 11.1. The van der Waals surface area contributed by atoms with Crippen LogP contribution in [0.3, 0.4) is 0 Å². The van der Waals surface area contributed by atoms with Crippen LogP contribution in [0.25, 0.3) is 0 Å². The molecule has 1 rings (SSSR count). The van der Waals surface area contributed by atoms with Gasteiger partial charge in [0.25, 0.3) is 5.91 Å². The van der Waals surface area contributed by atoms with Gasteiger partial charge in [0.2, 0.25) is 0 Å². The Morgan fingerprint density at radius 2 is 1.89 bits per heavy atom. The lowest BCUT2D eigenvalue weighted by Crippen LogP contribution is -2.31. The van der Waals surface area contributed by atoms with Gasteiger partial charge in [-0.3, -0.25) is 4.79 Å². The van der Waals surface area contributed by atoms with Gasteiger partial charge < -0.3 is 15.0 Å². The van der Waals surface area contributed by atoms with E-state index in [2.05, 4.69) is 5.32 Å². The second kappa shape index (κ2) is 7.68. The summed E-state index contributed by atoms with van der Waals surface area (Å²) in [6, 6.07) is 2.80. The van der Waals surface area contributed by atoms with E-state index in [9.17, 15) is 13.6 Å². The first-order valence-electron chi connectivity index (χ1n) is 5.97. The number of hydrogen-bond acceptors (Lipinski definition) is 3. The molecule has 19 heavy (non-hydrogen) atoms. The summed E-state index contributed by atoms with van der Waals surface area (Å²) in [6.45, 7) is 1.15. The van der Waals surface area contributed by atoms with Gasteiger partial charge in [0.1, 0.15) is 17.4 Å². The predicted molar refractivity (Wildman–Crippen MR) is 68.0 cm³/mol. The van der Waals surface area contributed by atoms with E-state index in [1.165, 1.54) is 0 Å². The van der Waals surface area contributed by atoms with Crippen LogP contribution in [-0.4, -0.2) is 44.6 Å². The second-order valence-electron chi connectivity index (χ2n) is 4.40. The summed E-state index contributed by atoms with van der Waals surface area (Å²) < 4.78 is 30.7. The molecule has 0 heterocycles. The van der Waals surface area contributed by atoms with Crippen LogP contribution in [0.2, 0.25) is 0 Å². The molecule has 0 fully saturated rings. The van der Waals surface area contributed by atoms with Gasteiger partial charge >= 0.3 is 0 Å². The summed E-state index contributed by atoms with van der Waals surface area (Å²) >= 11 is 0. The molecule has 0 bridgehead atoms. The summed E-state index contributed by atoms with van der Waals surface area (Å²) in [6.07, 6.45) is 0.827. The van der Waals surface area contributed by atoms with Crippen LogP contribution < -0.4 is 10.1 Å². The summed E-state index contributed by atoms with van der Waals surface area (Å²) in [4.78, 5) is 13.4. The van der Waals surface area contributed by atoms with Crippen molar-refractivity contribution in [2.24, 2.45) is 0 Å². The third kappa shape index (κ3) is 6.71. The first-order valence-corrected chi connectivity index (χ1v) is 5.97. The maximum atomic E-state index is 12.9. The molecule has 1 N–H and O–H groups in total. The molecular weight excluding hydrogens is 254 g/mol. The highest BCUT2D eigenvalue weighted by molar-refractivity contribution is 5.77. The van der Waals surface area contributed by atoms with Crippen LogP contribution in [0.4, 0.5) is 8.78 Å². The standard InChI is InChI=1S/C13H18F2N2O2/c1-17(2)5-3-4-16-13(18)9-19-12-7-10(14)6-11(15)8-12/h6-8H,3-5,9H2,1-2H3,(H,16,18). The van der Waals surface area contributed by atoms with Gasteiger partial charge in [-0.05, 0) is 27.1 Å². The lowest BCUT2D eigenvalue weighted by molar-refractivity contribution is -0.123. The summed E-state index contributed by atoms with van der Waals surface area (Å²) in [5, 5.41) is 2.66. The molecular formula is C13H18F2N2O2. The number of rotatable bonds is 7. The molecule has 0 atom stereocenters. The molecule has 1 amide bonds. The van der Waals surface area contributed by atoms with Crippen molar-refractivity contribution in [2.45, 2.75) is 6.42 Å². The normalized spacial score (nSPS) is 10.6. The molecule has 0 unspecified atom stereocenters. The highest BCUT2D eigenvalue weighted by Crippen LogP contribution is 2.14. The highest BCUT2D eigenvalue weighted by Gasteiger charge is 2.05. The van der Waals surface area contributed by atoms with E-state index in [0.29, 0.717) is 6.54 Å². The topological polar surface area (TPSA) is 41.6 Å². The highest BCUT2D eigenvalue weighted by atomic mass is 19.1. The van der Waals surface area contributed by atoms with Crippen molar-refractivity contribution in [3.05, 3.63) is 29.8 Å². The minimum Gasteiger partial charge on any atom is -0.484 e. The third-order valence-corrected chi connectivity index (χ3v) is 2.31. The summed E-state index contributed by atoms with van der Waals surface area (Å²) in [7, 11) is 3.90. The van der Waals surface area contributed by atoms with E-state index in [4.69, 9.17) is 4.74 Å². The molecule has 0 aromatic heterocycles. The Morgan fingerprint density at radius 1 is 1.26 bits per heavy atom. The average Bonchev–Trinajstić information content (AvgIpc) is 2.31. The average molecular weight is 272 g/mol. The Balaban J connectivity index is 2.26. The minimum absolute atomic E-state index is 0.000872. The van der Waals surface area contributed by atoms with Crippen LogP contribution >= 0.6 is 0 Å². The number of amides is 1. The monoisotopic (exact) mass is 272 g/mol. The van der Waals surface area contributed by atoms with Crippen molar-refractivity contribution in [2.75, 3.05) is 33.8 Å². The molecule has 6 heteroatoms. The number of halogens is 2. The predicted octanol–water partition coefficient (Wildman–Crippen LogP) is 1.41. The molecule has 1 aromatic rings. The lowest BCUT2D eigenvalue weighted by Gasteiger charge is -2.10. The van der Waals surface area contributed by atoms with Crippen LogP contribution in [0.1, 0.15) is 6.42 Å². The Hall–Kier alpha value is -1.69. The van der Waals surface area contributed by atoms with Gasteiger partial charge in [-0.15, -0.1) is 0 Å². The third-order valence-electron chi connectivity index (χ3n) is 2.31. The zero-order valence-electron chi connectivity index (χ0n) is 11.1. The molecule has 1 aromatic carbocycles. The Kier molecular flexibility index (Phi) is 6.21. The van der Waals surface area contributed by atoms with Crippen molar-refractivity contribution < 1.29 is 18.3 Å². The molecule has 106 valence electrons. The van der Waals surface area contributed by atoms with E-state index in [1.54, 1.807) is 0 Å². The molecule has 0 aliphatic heterocycles. The van der Waals surface area contributed by atoms with Crippen LogP contribution in [-0.2, 0) is 4.79 Å². The number of benzene rings is 1. The molecule has 0 spiro atoms. The van der Waals surface area contributed by atoms with Crippen molar-refractivity contribution in [3.63, 3.8) is 0 Å². The quantitative estimate of drug-likeness (QED) is 0.763. The number of nitrogens with one attached hydrogen (secondary N) is 1. The molecule has 0 aliphatic carbocycles. The molecule has 0 radical (unpaired) electrons. The SMILES string of the molecule is CN(C)CCCNC(=O)COc1cc(F)cc(F)c1. The molecule has 0 saturated heterocycles. The Morgan fingerprint density at radius 3 is 2.47 bits per heavy atom. The largest absolute Gasteiger partial charge is 0.484 e. The number of carbonyl (C=O) groups excluding carboxylic acids is 1.